The van der Waals surface area contributed by atoms with Gasteiger partial charge in [0.1, 0.15) is 0 Å². The maximum atomic E-state index is 5.86. The number of halogens is 2. The molecular weight excluding hydrogens is 556 g/mol. The summed E-state index contributed by atoms with van der Waals surface area (Å²) >= 11 is 5.05. The van der Waals surface area contributed by atoms with E-state index < -0.39 is 0 Å². The summed E-state index contributed by atoms with van der Waals surface area (Å²) in [6, 6.07) is 8.90. The summed E-state index contributed by atoms with van der Waals surface area (Å²) in [4.78, 5) is 3.52. The van der Waals surface area contributed by atoms with Crippen molar-refractivity contribution in [3.63, 3.8) is 0 Å². The van der Waals surface area contributed by atoms with Crippen LogP contribution in [0, 0.1) is 24.7 Å². The zero-order valence-electron chi connectivity index (χ0n) is 15.7. The van der Waals surface area contributed by atoms with E-state index >= 15 is 0 Å². The van der Waals surface area contributed by atoms with Gasteiger partial charge in [-0.05, 0) is 48.2 Å². The van der Waals surface area contributed by atoms with Crippen LogP contribution in [0.25, 0.3) is 21.8 Å². The van der Waals surface area contributed by atoms with Gasteiger partial charge in [-0.2, -0.15) is 0 Å². The lowest BCUT2D eigenvalue weighted by Gasteiger charge is -2.11. The van der Waals surface area contributed by atoms with Crippen molar-refractivity contribution < 1.29 is 0 Å². The van der Waals surface area contributed by atoms with Crippen LogP contribution in [-0.2, 0) is 0 Å². The lowest BCUT2D eigenvalue weighted by atomic mass is 9.98. The average molecular weight is 579 g/mol. The fraction of sp³-hybridized carbons (Fsp3) is 0.333. The Bertz CT molecular complexity index is 978. The van der Waals surface area contributed by atoms with Gasteiger partial charge in [0, 0.05) is 29.7 Å². The van der Waals surface area contributed by atoms with Crippen LogP contribution in [-0.4, -0.2) is 4.98 Å². The first-order chi connectivity index (χ1) is 13.0. The molecule has 138 valence electrons. The van der Waals surface area contributed by atoms with Gasteiger partial charge in [0.15, 0.2) is 0 Å². The summed E-state index contributed by atoms with van der Waals surface area (Å²) in [5.41, 5.74) is 6.47. The van der Waals surface area contributed by atoms with E-state index in [0.29, 0.717) is 7.85 Å². The molecule has 3 rings (SSSR count). The van der Waals surface area contributed by atoms with Crippen LogP contribution >= 0.6 is 45.2 Å². The largest absolute Gasteiger partial charge is 0.352 e. The van der Waals surface area contributed by atoms with E-state index in [2.05, 4.69) is 100 Å². The summed E-state index contributed by atoms with van der Waals surface area (Å²) in [5.74, 6) is 5.75. The monoisotopic (exact) mass is 579 g/mol. The van der Waals surface area contributed by atoms with Crippen LogP contribution < -0.4 is 0 Å². The molecule has 1 N–H and O–H groups in total. The molecule has 3 heteroatoms. The van der Waals surface area contributed by atoms with Crippen LogP contribution in [0.15, 0.2) is 24.3 Å². The fourth-order valence-electron chi connectivity index (χ4n) is 3.58. The predicted molar refractivity (Wildman–Crippen MR) is 135 cm³/mol. The van der Waals surface area contributed by atoms with E-state index in [0.717, 1.165) is 47.8 Å². The minimum atomic E-state index is 0.460. The second-order valence-electron chi connectivity index (χ2n) is 6.91. The number of benzene rings is 2. The number of hydrogen-bond acceptors (Lipinski definition) is 0. The van der Waals surface area contributed by atoms with Crippen molar-refractivity contribution in [2.45, 2.75) is 47.4 Å². The lowest BCUT2D eigenvalue weighted by molar-refractivity contribution is 0.799. The number of rotatable bonds is 6. The molecule has 0 fully saturated rings. The smallest absolute Gasteiger partial charge is 0.0624 e. The van der Waals surface area contributed by atoms with Gasteiger partial charge in [-0.25, -0.2) is 0 Å². The molecule has 27 heavy (non-hydrogen) atoms. The molecule has 1 aromatic heterocycles. The van der Waals surface area contributed by atoms with Crippen LogP contribution in [0.2, 0.25) is 0 Å². The summed E-state index contributed by atoms with van der Waals surface area (Å²) in [6.45, 7) is 4.44. The predicted octanol–water partition coefficient (Wildman–Crippen LogP) is 7.84. The van der Waals surface area contributed by atoms with Crippen LogP contribution in [0.5, 0.6) is 0 Å². The minimum Gasteiger partial charge on any atom is -0.352 e. The van der Waals surface area contributed by atoms with Gasteiger partial charge in [0.05, 0.1) is 11.0 Å². The molecule has 0 spiro atoms. The first-order valence-corrected chi connectivity index (χ1v) is 11.9. The highest BCUT2D eigenvalue weighted by Crippen LogP contribution is 2.38. The molecule has 0 radical (unpaired) electrons. The van der Waals surface area contributed by atoms with E-state index in [9.17, 15) is 0 Å². The van der Waals surface area contributed by atoms with Crippen LogP contribution in [0.4, 0.5) is 0 Å². The number of fused-ring (bicyclic) bond motifs is 3. The Kier molecular flexibility index (Phi) is 6.76. The van der Waals surface area contributed by atoms with Crippen molar-refractivity contribution in [3.05, 3.63) is 46.5 Å². The Balaban J connectivity index is 2.33. The Morgan fingerprint density at radius 2 is 1.22 bits per heavy atom. The number of aromatic nitrogens is 1. The number of terminal acetylenes is 2. The van der Waals surface area contributed by atoms with E-state index in [-0.39, 0.29) is 0 Å². The molecule has 0 bridgehead atoms. The summed E-state index contributed by atoms with van der Waals surface area (Å²) in [5, 5.41) is 2.37. The van der Waals surface area contributed by atoms with Gasteiger partial charge in [-0.1, -0.05) is 83.7 Å². The molecule has 2 unspecified atom stereocenters. The molecule has 2 aromatic carbocycles. The Morgan fingerprint density at radius 1 is 0.815 bits per heavy atom. The van der Waals surface area contributed by atoms with E-state index in [1.54, 1.807) is 0 Å². The van der Waals surface area contributed by atoms with Gasteiger partial charge >= 0.3 is 0 Å². The summed E-state index contributed by atoms with van der Waals surface area (Å²) in [7, 11) is 0. The maximum absolute atomic E-state index is 5.86. The van der Waals surface area contributed by atoms with Crippen molar-refractivity contribution in [2.24, 2.45) is 0 Å². The molecule has 0 saturated carbocycles. The van der Waals surface area contributed by atoms with Crippen molar-refractivity contribution in [1.29, 1.82) is 0 Å². The SMILES string of the molecule is C#Cc1cc(C(I)CCC)cc2c1[nH]c1c(C#C)cc(C(I)CCC)cc12. The van der Waals surface area contributed by atoms with Crippen molar-refractivity contribution in [2.75, 3.05) is 0 Å². The molecule has 0 saturated heterocycles. The van der Waals surface area contributed by atoms with E-state index in [1.165, 1.54) is 21.9 Å². The van der Waals surface area contributed by atoms with Crippen molar-refractivity contribution >= 4 is 67.0 Å². The first-order valence-electron chi connectivity index (χ1n) is 9.38. The number of aromatic amines is 1. The third kappa shape index (κ3) is 4.00. The zero-order chi connectivity index (χ0) is 19.6. The van der Waals surface area contributed by atoms with Gasteiger partial charge < -0.3 is 4.98 Å². The lowest BCUT2D eigenvalue weighted by Crippen LogP contribution is -1.92. The number of nitrogens with one attached hydrogen (secondary N) is 1. The van der Waals surface area contributed by atoms with Gasteiger partial charge in [-0.15, -0.1) is 12.8 Å². The van der Waals surface area contributed by atoms with Crippen LogP contribution in [0.3, 0.4) is 0 Å². The number of H-pyrrole nitrogens is 1. The quantitative estimate of drug-likeness (QED) is 0.174. The summed E-state index contributed by atoms with van der Waals surface area (Å²) in [6.07, 6.45) is 16.3. The third-order valence-electron chi connectivity index (χ3n) is 4.98. The van der Waals surface area contributed by atoms with Gasteiger partial charge in [0.2, 0.25) is 0 Å². The van der Waals surface area contributed by atoms with E-state index in [4.69, 9.17) is 12.8 Å². The van der Waals surface area contributed by atoms with Crippen molar-refractivity contribution in [1.82, 2.24) is 4.98 Å². The van der Waals surface area contributed by atoms with E-state index in [1.807, 2.05) is 0 Å². The number of alkyl halides is 2. The summed E-state index contributed by atoms with van der Waals surface area (Å²) < 4.78 is 0.920. The van der Waals surface area contributed by atoms with Gasteiger partial charge in [-0.3, -0.25) is 0 Å². The maximum Gasteiger partial charge on any atom is 0.0624 e. The Morgan fingerprint density at radius 3 is 1.56 bits per heavy atom. The molecule has 0 aliphatic carbocycles. The second-order valence-corrected chi connectivity index (χ2v) is 9.92. The number of hydrogen-bond donors (Lipinski definition) is 1. The second kappa shape index (κ2) is 8.88. The zero-order valence-corrected chi connectivity index (χ0v) is 20.0. The molecule has 0 amide bonds. The molecule has 2 atom stereocenters. The van der Waals surface area contributed by atoms with Gasteiger partial charge in [0.25, 0.3) is 0 Å². The Hall–Kier alpha value is -1.18. The first kappa shape index (κ1) is 20.6. The molecule has 1 heterocycles. The molecular formula is C24H23I2N. The van der Waals surface area contributed by atoms with Crippen LogP contribution in [0.1, 0.15) is 69.6 Å². The Labute approximate surface area is 189 Å². The van der Waals surface area contributed by atoms with Crippen molar-refractivity contribution in [3.8, 4) is 24.7 Å². The normalized spacial score (nSPS) is 13.4. The molecule has 0 aliphatic rings. The molecule has 3 aromatic rings. The highest BCUT2D eigenvalue weighted by atomic mass is 127. The fourth-order valence-corrected chi connectivity index (χ4v) is 5.54. The molecule has 1 nitrogen and oxygen atoms in total. The highest BCUT2D eigenvalue weighted by Gasteiger charge is 2.17. The third-order valence-corrected chi connectivity index (χ3v) is 7.66. The minimum absolute atomic E-state index is 0.460. The topological polar surface area (TPSA) is 15.8 Å². The standard InChI is InChI=1S/C24H23I2N/c1-5-9-21(25)17-11-15(7-3)23-19(13-17)20-14-18(22(26)10-6-2)12-16(8-4)24(20)27-23/h3-4,11-14,21-22,27H,5-6,9-10H2,1-2H3. The highest BCUT2D eigenvalue weighted by molar-refractivity contribution is 14.1. The molecule has 0 aliphatic heterocycles. The average Bonchev–Trinajstić information content (AvgIpc) is 3.05.